The number of aliphatic hydroxyl groups is 1. The van der Waals surface area contributed by atoms with Gasteiger partial charge in [-0.25, -0.2) is 0 Å². The lowest BCUT2D eigenvalue weighted by molar-refractivity contribution is -0.140. The van der Waals surface area contributed by atoms with E-state index in [0.717, 1.165) is 0 Å². The minimum atomic E-state index is -1.12. The maximum absolute atomic E-state index is 10.4. The molecule has 0 aromatic rings. The van der Waals surface area contributed by atoms with E-state index in [0.29, 0.717) is 12.8 Å². The summed E-state index contributed by atoms with van der Waals surface area (Å²) < 4.78 is 0. The van der Waals surface area contributed by atoms with Crippen LogP contribution in [-0.4, -0.2) is 45.4 Å². The average molecular weight is 234 g/mol. The molecule has 0 rings (SSSR count). The highest BCUT2D eigenvalue weighted by molar-refractivity contribution is 5.72. The van der Waals surface area contributed by atoms with Crippen LogP contribution in [0.3, 0.4) is 0 Å². The molecule has 0 spiro atoms. The molecular formula is C9H18N2O5. The number of nitrogens with two attached hydrogens (primary N) is 2. The lowest BCUT2D eigenvalue weighted by Gasteiger charge is -2.17. The van der Waals surface area contributed by atoms with Gasteiger partial charge in [-0.3, -0.25) is 9.59 Å². The normalized spacial score (nSPS) is 16.4. The lowest BCUT2D eigenvalue weighted by Crippen LogP contribution is -2.37. The molecule has 94 valence electrons. The van der Waals surface area contributed by atoms with Crippen LogP contribution < -0.4 is 11.5 Å². The molecule has 3 atom stereocenters. The number of aliphatic hydroxyl groups excluding tert-OH is 1. The molecule has 0 aliphatic heterocycles. The highest BCUT2D eigenvalue weighted by atomic mass is 16.4. The molecule has 16 heavy (non-hydrogen) atoms. The van der Waals surface area contributed by atoms with E-state index in [1.54, 1.807) is 0 Å². The predicted molar refractivity (Wildman–Crippen MR) is 55.7 cm³/mol. The minimum Gasteiger partial charge on any atom is -0.481 e. The Morgan fingerprint density at radius 3 is 2.12 bits per heavy atom. The Morgan fingerprint density at radius 1 is 1.12 bits per heavy atom. The van der Waals surface area contributed by atoms with Crippen molar-refractivity contribution in [1.82, 2.24) is 0 Å². The maximum Gasteiger partial charge on any atom is 0.320 e. The van der Waals surface area contributed by atoms with Crippen LogP contribution in [0, 0.1) is 0 Å². The van der Waals surface area contributed by atoms with Gasteiger partial charge in [0.1, 0.15) is 6.04 Å². The molecule has 0 aromatic carbocycles. The van der Waals surface area contributed by atoms with Gasteiger partial charge in [-0.1, -0.05) is 0 Å². The molecule has 0 heterocycles. The van der Waals surface area contributed by atoms with Crippen LogP contribution in [0.5, 0.6) is 0 Å². The largest absolute Gasteiger partial charge is 0.481 e. The van der Waals surface area contributed by atoms with Crippen molar-refractivity contribution in [3.8, 4) is 0 Å². The second kappa shape index (κ2) is 7.15. The second-order valence-corrected chi connectivity index (χ2v) is 3.70. The number of hydrogen-bond donors (Lipinski definition) is 5. The van der Waals surface area contributed by atoms with E-state index in [-0.39, 0.29) is 6.42 Å². The molecule has 0 bridgehead atoms. The monoisotopic (exact) mass is 234 g/mol. The standard InChI is InChI=1S/C9H18N2O5/c10-5(7(12)4-8(13)14)2-1-3-6(11)9(15)16/h5-7,12H,1-4,10-11H2,(H,13,14)(H,15,16)/t5-,6+,7+/m1/s1. The second-order valence-electron chi connectivity index (χ2n) is 3.70. The van der Waals surface area contributed by atoms with Gasteiger partial charge in [0.25, 0.3) is 0 Å². The molecule has 0 unspecified atom stereocenters. The quantitative estimate of drug-likeness (QED) is 0.352. The molecule has 0 aliphatic rings. The summed E-state index contributed by atoms with van der Waals surface area (Å²) in [6.07, 6.45) is -0.492. The van der Waals surface area contributed by atoms with Crippen LogP contribution in [0.25, 0.3) is 0 Å². The van der Waals surface area contributed by atoms with Gasteiger partial charge in [-0.15, -0.1) is 0 Å². The third-order valence-corrected chi connectivity index (χ3v) is 2.25. The Morgan fingerprint density at radius 2 is 1.69 bits per heavy atom. The van der Waals surface area contributed by atoms with E-state index < -0.39 is 36.5 Å². The highest BCUT2D eigenvalue weighted by Gasteiger charge is 2.18. The molecule has 0 amide bonds. The topological polar surface area (TPSA) is 147 Å². The fourth-order valence-electron chi connectivity index (χ4n) is 1.22. The maximum atomic E-state index is 10.4. The van der Waals surface area contributed by atoms with Crippen molar-refractivity contribution in [1.29, 1.82) is 0 Å². The third-order valence-electron chi connectivity index (χ3n) is 2.25. The van der Waals surface area contributed by atoms with Crippen molar-refractivity contribution < 1.29 is 24.9 Å². The van der Waals surface area contributed by atoms with Crippen molar-refractivity contribution in [3.05, 3.63) is 0 Å². The number of carboxylic acids is 2. The van der Waals surface area contributed by atoms with Gasteiger partial charge in [0.05, 0.1) is 12.5 Å². The number of aliphatic carboxylic acids is 2. The summed E-state index contributed by atoms with van der Waals surface area (Å²) in [5, 5.41) is 26.2. The van der Waals surface area contributed by atoms with Gasteiger partial charge in [0, 0.05) is 6.04 Å². The molecule has 7 N–H and O–H groups in total. The van der Waals surface area contributed by atoms with Crippen LogP contribution in [0.2, 0.25) is 0 Å². The Bertz CT molecular complexity index is 246. The fraction of sp³-hybridized carbons (Fsp3) is 0.778. The SMILES string of the molecule is N[C@H](CCC[C@H](N)C(=O)O)[C@@H](O)CC(=O)O. The molecule has 0 saturated heterocycles. The Balaban J connectivity index is 3.76. The number of carboxylic acid groups (broad SMARTS) is 2. The van der Waals surface area contributed by atoms with Gasteiger partial charge in [0.2, 0.25) is 0 Å². The smallest absolute Gasteiger partial charge is 0.320 e. The van der Waals surface area contributed by atoms with E-state index in [9.17, 15) is 14.7 Å². The number of carbonyl (C=O) groups is 2. The minimum absolute atomic E-state index is 0.253. The van der Waals surface area contributed by atoms with Gasteiger partial charge in [-0.05, 0) is 19.3 Å². The summed E-state index contributed by atoms with van der Waals surface area (Å²) in [6, 6.07) is -1.61. The predicted octanol–water partition coefficient (Wildman–Crippen LogP) is -1.27. The van der Waals surface area contributed by atoms with Crippen LogP contribution in [0.15, 0.2) is 0 Å². The van der Waals surface area contributed by atoms with Crippen molar-refractivity contribution in [3.63, 3.8) is 0 Å². The van der Waals surface area contributed by atoms with Crippen LogP contribution in [0.4, 0.5) is 0 Å². The van der Waals surface area contributed by atoms with Gasteiger partial charge in [0.15, 0.2) is 0 Å². The molecular weight excluding hydrogens is 216 g/mol. The van der Waals surface area contributed by atoms with Crippen molar-refractivity contribution in [2.75, 3.05) is 0 Å². The lowest BCUT2D eigenvalue weighted by atomic mass is 10.0. The molecule has 0 aliphatic carbocycles. The van der Waals surface area contributed by atoms with E-state index in [2.05, 4.69) is 0 Å². The molecule has 7 heteroatoms. The number of hydrogen-bond acceptors (Lipinski definition) is 5. The first-order chi connectivity index (χ1) is 7.34. The van der Waals surface area contributed by atoms with Gasteiger partial charge in [-0.2, -0.15) is 0 Å². The first kappa shape index (κ1) is 14.8. The molecule has 7 nitrogen and oxygen atoms in total. The summed E-state index contributed by atoms with van der Waals surface area (Å²) in [5.74, 6) is -2.20. The number of rotatable bonds is 8. The molecule has 0 saturated carbocycles. The molecule has 0 radical (unpaired) electrons. The third kappa shape index (κ3) is 6.33. The average Bonchev–Trinajstić information content (AvgIpc) is 2.15. The summed E-state index contributed by atoms with van der Waals surface area (Å²) >= 11 is 0. The Hall–Kier alpha value is -1.18. The van der Waals surface area contributed by atoms with E-state index in [4.69, 9.17) is 21.7 Å². The van der Waals surface area contributed by atoms with Crippen LogP contribution in [0.1, 0.15) is 25.7 Å². The van der Waals surface area contributed by atoms with Crippen LogP contribution >= 0.6 is 0 Å². The van der Waals surface area contributed by atoms with Gasteiger partial charge < -0.3 is 26.8 Å². The summed E-state index contributed by atoms with van der Waals surface area (Å²) in [5.41, 5.74) is 10.8. The first-order valence-electron chi connectivity index (χ1n) is 4.98. The summed E-state index contributed by atoms with van der Waals surface area (Å²) in [7, 11) is 0. The first-order valence-corrected chi connectivity index (χ1v) is 4.98. The van der Waals surface area contributed by atoms with E-state index in [1.165, 1.54) is 0 Å². The van der Waals surface area contributed by atoms with E-state index >= 15 is 0 Å². The fourth-order valence-corrected chi connectivity index (χ4v) is 1.22. The van der Waals surface area contributed by atoms with Crippen LogP contribution in [-0.2, 0) is 9.59 Å². The molecule has 0 aromatic heterocycles. The van der Waals surface area contributed by atoms with Gasteiger partial charge >= 0.3 is 11.9 Å². The van der Waals surface area contributed by atoms with Crippen molar-refractivity contribution in [2.24, 2.45) is 11.5 Å². The zero-order valence-electron chi connectivity index (χ0n) is 8.87. The molecule has 0 fully saturated rings. The zero-order chi connectivity index (χ0) is 12.7. The summed E-state index contributed by atoms with van der Waals surface area (Å²) in [6.45, 7) is 0. The summed E-state index contributed by atoms with van der Waals surface area (Å²) in [4.78, 5) is 20.6. The Labute approximate surface area is 93.0 Å². The van der Waals surface area contributed by atoms with E-state index in [1.807, 2.05) is 0 Å². The van der Waals surface area contributed by atoms with Crippen molar-refractivity contribution in [2.45, 2.75) is 43.9 Å². The zero-order valence-corrected chi connectivity index (χ0v) is 8.87. The Kier molecular flexibility index (Phi) is 6.63. The highest BCUT2D eigenvalue weighted by Crippen LogP contribution is 2.07. The van der Waals surface area contributed by atoms with Crippen molar-refractivity contribution >= 4 is 11.9 Å².